The van der Waals surface area contributed by atoms with Crippen LogP contribution in [0, 0.1) is 0 Å². The highest BCUT2D eigenvalue weighted by molar-refractivity contribution is 6.74. The fraction of sp³-hybridized carbons (Fsp3) is 0.750. The van der Waals surface area contributed by atoms with Gasteiger partial charge in [-0.2, -0.15) is 0 Å². The molecule has 0 aromatic carbocycles. The smallest absolute Gasteiger partial charge is 0.357 e. The first-order chi connectivity index (χ1) is 10.4. The molecule has 7 heteroatoms. The van der Waals surface area contributed by atoms with Gasteiger partial charge in [0.25, 0.3) is 5.60 Å². The third-order valence-electron chi connectivity index (χ3n) is 4.86. The molecule has 0 N–H and O–H groups in total. The van der Waals surface area contributed by atoms with Gasteiger partial charge in [-0.1, -0.05) is 26.8 Å². The lowest BCUT2D eigenvalue weighted by Crippen LogP contribution is -2.61. The molecule has 1 saturated heterocycles. The molecule has 1 heterocycles. The van der Waals surface area contributed by atoms with E-state index in [1.165, 1.54) is 14.0 Å². The number of rotatable bonds is 4. The van der Waals surface area contributed by atoms with E-state index in [1.807, 2.05) is 0 Å². The number of epoxide rings is 1. The fourth-order valence-corrected chi connectivity index (χ4v) is 3.77. The molecule has 130 valence electrons. The molecule has 0 bridgehead atoms. The number of methoxy groups -OCH3 is 1. The third-order valence-corrected chi connectivity index (χ3v) is 9.32. The molecule has 4 atom stereocenters. The van der Waals surface area contributed by atoms with Crippen LogP contribution < -0.4 is 0 Å². The standard InChI is InChI=1S/C16H26O6Si/c1-10(17)21-16(14(18)19-5)9-8-11-12(20-11)13(16)22-23(6,7)15(2,3)4/h8-9,11-13H,1-7H3/t11-,12-,13+,16-/m0/s1. The van der Waals surface area contributed by atoms with Gasteiger partial charge in [0.05, 0.1) is 7.11 Å². The molecule has 0 radical (unpaired) electrons. The minimum absolute atomic E-state index is 0.0589. The second-order valence-corrected chi connectivity index (χ2v) is 12.4. The van der Waals surface area contributed by atoms with Crippen molar-refractivity contribution >= 4 is 20.3 Å². The Hall–Kier alpha value is -1.18. The molecule has 1 fully saturated rings. The number of carbonyl (C=O) groups excluding carboxylic acids is 2. The van der Waals surface area contributed by atoms with E-state index in [2.05, 4.69) is 33.9 Å². The second-order valence-electron chi connectivity index (χ2n) is 7.60. The Morgan fingerprint density at radius 2 is 1.87 bits per heavy atom. The van der Waals surface area contributed by atoms with Crippen molar-refractivity contribution in [1.82, 2.24) is 0 Å². The first kappa shape index (κ1) is 18.2. The van der Waals surface area contributed by atoms with Crippen LogP contribution in [-0.4, -0.2) is 51.3 Å². The van der Waals surface area contributed by atoms with Gasteiger partial charge < -0.3 is 18.6 Å². The van der Waals surface area contributed by atoms with E-state index in [-0.39, 0.29) is 17.2 Å². The van der Waals surface area contributed by atoms with Crippen molar-refractivity contribution < 1.29 is 28.2 Å². The quantitative estimate of drug-likeness (QED) is 0.337. The monoisotopic (exact) mass is 342 g/mol. The van der Waals surface area contributed by atoms with E-state index in [0.29, 0.717) is 0 Å². The zero-order valence-electron chi connectivity index (χ0n) is 14.8. The van der Waals surface area contributed by atoms with Crippen LogP contribution in [0.3, 0.4) is 0 Å². The van der Waals surface area contributed by atoms with Gasteiger partial charge in [0.15, 0.2) is 8.32 Å². The van der Waals surface area contributed by atoms with E-state index in [4.69, 9.17) is 18.6 Å². The topological polar surface area (TPSA) is 74.4 Å². The van der Waals surface area contributed by atoms with Crippen molar-refractivity contribution in [1.29, 1.82) is 0 Å². The average molecular weight is 342 g/mol. The SMILES string of the molecule is COC(=O)[C@]1(OC(C)=O)C=C[C@@H]2O[C@@H]2[C@H]1O[Si](C)(C)C(C)(C)C. The van der Waals surface area contributed by atoms with Crippen LogP contribution in [0.1, 0.15) is 27.7 Å². The van der Waals surface area contributed by atoms with Gasteiger partial charge in [-0.05, 0) is 24.2 Å². The molecule has 23 heavy (non-hydrogen) atoms. The predicted molar refractivity (Wildman–Crippen MR) is 86.4 cm³/mol. The summed E-state index contributed by atoms with van der Waals surface area (Å²) in [7, 11) is -0.950. The van der Waals surface area contributed by atoms with Crippen molar-refractivity contribution in [2.24, 2.45) is 0 Å². The summed E-state index contributed by atoms with van der Waals surface area (Å²) in [6.07, 6.45) is 2.18. The van der Waals surface area contributed by atoms with E-state index in [9.17, 15) is 9.59 Å². The van der Waals surface area contributed by atoms with Crippen LogP contribution in [0.5, 0.6) is 0 Å². The fourth-order valence-electron chi connectivity index (χ4n) is 2.48. The largest absolute Gasteiger partial charge is 0.466 e. The summed E-state index contributed by atoms with van der Waals surface area (Å²) in [6, 6.07) is 0. The van der Waals surface area contributed by atoms with Crippen molar-refractivity contribution in [3.05, 3.63) is 12.2 Å². The molecule has 6 nitrogen and oxygen atoms in total. The van der Waals surface area contributed by atoms with Crippen molar-refractivity contribution in [3.8, 4) is 0 Å². The van der Waals surface area contributed by atoms with E-state index >= 15 is 0 Å². The Balaban J connectivity index is 2.42. The summed E-state index contributed by atoms with van der Waals surface area (Å²) < 4.78 is 22.3. The molecule has 1 aliphatic heterocycles. The number of hydrogen-bond acceptors (Lipinski definition) is 6. The van der Waals surface area contributed by atoms with Gasteiger partial charge in [0.2, 0.25) is 0 Å². The minimum Gasteiger partial charge on any atom is -0.466 e. The van der Waals surface area contributed by atoms with Gasteiger partial charge in [-0.25, -0.2) is 4.79 Å². The van der Waals surface area contributed by atoms with Crippen LogP contribution in [0.15, 0.2) is 12.2 Å². The Labute approximate surface area is 138 Å². The lowest BCUT2D eigenvalue weighted by molar-refractivity contribution is -0.185. The molecule has 1 aliphatic carbocycles. The van der Waals surface area contributed by atoms with Crippen LogP contribution >= 0.6 is 0 Å². The number of esters is 2. The maximum absolute atomic E-state index is 12.5. The van der Waals surface area contributed by atoms with Crippen LogP contribution in [0.25, 0.3) is 0 Å². The van der Waals surface area contributed by atoms with E-state index < -0.39 is 32.0 Å². The molecule has 0 spiro atoms. The number of hydrogen-bond donors (Lipinski definition) is 0. The summed E-state index contributed by atoms with van der Waals surface area (Å²) in [5.41, 5.74) is -1.59. The summed E-state index contributed by atoms with van der Waals surface area (Å²) in [6.45, 7) is 11.7. The van der Waals surface area contributed by atoms with Crippen molar-refractivity contribution in [3.63, 3.8) is 0 Å². The second kappa shape index (κ2) is 5.72. The lowest BCUT2D eigenvalue weighted by Gasteiger charge is -2.44. The van der Waals surface area contributed by atoms with Gasteiger partial charge in [-0.3, -0.25) is 4.79 Å². The predicted octanol–water partition coefficient (Wildman–Crippen LogP) is 2.19. The van der Waals surface area contributed by atoms with Crippen molar-refractivity contribution in [2.75, 3.05) is 7.11 Å². The lowest BCUT2D eigenvalue weighted by atomic mass is 9.87. The normalized spacial score (nSPS) is 32.9. The molecular formula is C16H26O6Si. The highest BCUT2D eigenvalue weighted by Crippen LogP contribution is 2.46. The minimum atomic E-state index is -2.22. The number of ether oxygens (including phenoxy) is 3. The van der Waals surface area contributed by atoms with Gasteiger partial charge >= 0.3 is 11.9 Å². The molecule has 0 aromatic rings. The Morgan fingerprint density at radius 1 is 1.26 bits per heavy atom. The molecule has 0 aromatic heterocycles. The van der Waals surface area contributed by atoms with Crippen LogP contribution in [0.2, 0.25) is 18.1 Å². The average Bonchev–Trinajstić information content (AvgIpc) is 3.18. The summed E-state index contributed by atoms with van der Waals surface area (Å²) in [5.74, 6) is -1.22. The molecule has 0 unspecified atom stereocenters. The summed E-state index contributed by atoms with van der Waals surface area (Å²) >= 11 is 0. The number of fused-ring (bicyclic) bond motifs is 1. The van der Waals surface area contributed by atoms with E-state index in [0.717, 1.165) is 0 Å². The van der Waals surface area contributed by atoms with Crippen molar-refractivity contribution in [2.45, 2.75) is 69.7 Å². The summed E-state index contributed by atoms with van der Waals surface area (Å²) in [5, 5.41) is -0.0589. The maximum Gasteiger partial charge on any atom is 0.357 e. The first-order valence-corrected chi connectivity index (χ1v) is 10.7. The maximum atomic E-state index is 12.5. The van der Waals surface area contributed by atoms with E-state index in [1.54, 1.807) is 12.2 Å². The number of carbonyl (C=O) groups is 2. The van der Waals surface area contributed by atoms with Gasteiger partial charge in [0, 0.05) is 6.92 Å². The molecule has 0 amide bonds. The van der Waals surface area contributed by atoms with Crippen LogP contribution in [-0.2, 0) is 28.2 Å². The zero-order valence-corrected chi connectivity index (χ0v) is 15.8. The highest BCUT2D eigenvalue weighted by Gasteiger charge is 2.64. The van der Waals surface area contributed by atoms with Gasteiger partial charge in [0.1, 0.15) is 18.3 Å². The molecule has 2 rings (SSSR count). The first-order valence-electron chi connectivity index (χ1n) is 7.75. The molecule has 0 saturated carbocycles. The third kappa shape index (κ3) is 3.22. The zero-order chi connectivity index (χ0) is 17.6. The molecular weight excluding hydrogens is 316 g/mol. The summed E-state index contributed by atoms with van der Waals surface area (Å²) in [4.78, 5) is 24.1. The Bertz CT molecular complexity index is 535. The Kier molecular flexibility index (Phi) is 4.51. The highest BCUT2D eigenvalue weighted by atomic mass is 28.4. The Morgan fingerprint density at radius 3 is 2.35 bits per heavy atom. The van der Waals surface area contributed by atoms with Crippen LogP contribution in [0.4, 0.5) is 0 Å². The molecule has 2 aliphatic rings. The van der Waals surface area contributed by atoms with Gasteiger partial charge in [-0.15, -0.1) is 0 Å².